The van der Waals surface area contributed by atoms with Crippen molar-refractivity contribution in [2.24, 2.45) is 0 Å². The number of aromatic nitrogens is 2. The summed E-state index contributed by atoms with van der Waals surface area (Å²) in [6, 6.07) is 12.5. The van der Waals surface area contributed by atoms with Crippen molar-refractivity contribution in [2.75, 3.05) is 19.5 Å². The molecule has 1 fully saturated rings. The molecule has 2 aromatic rings. The van der Waals surface area contributed by atoms with Crippen molar-refractivity contribution in [2.45, 2.75) is 18.4 Å². The first-order chi connectivity index (χ1) is 9.80. The average Bonchev–Trinajstić information content (AvgIpc) is 3.27. The van der Waals surface area contributed by atoms with Gasteiger partial charge in [0, 0.05) is 12.0 Å². The Bertz CT molecular complexity index is 567. The third-order valence-corrected chi connectivity index (χ3v) is 3.43. The van der Waals surface area contributed by atoms with Gasteiger partial charge in [-0.2, -0.15) is 9.97 Å². The smallest absolute Gasteiger partial charge is 0.229 e. The Hall–Kier alpha value is -2.30. The number of methoxy groups -OCH3 is 2. The molecule has 1 aliphatic carbocycles. The van der Waals surface area contributed by atoms with E-state index in [0.29, 0.717) is 29.7 Å². The summed E-state index contributed by atoms with van der Waals surface area (Å²) in [5, 5.41) is 3.33. The Morgan fingerprint density at radius 3 is 2.30 bits per heavy atom. The molecular weight excluding hydrogens is 254 g/mol. The molecule has 1 aromatic heterocycles. The van der Waals surface area contributed by atoms with E-state index in [1.54, 1.807) is 20.3 Å². The second-order valence-electron chi connectivity index (χ2n) is 4.78. The first kappa shape index (κ1) is 12.7. The lowest BCUT2D eigenvalue weighted by Gasteiger charge is -2.08. The van der Waals surface area contributed by atoms with Gasteiger partial charge >= 0.3 is 0 Å². The molecule has 0 bridgehead atoms. The van der Waals surface area contributed by atoms with Crippen molar-refractivity contribution < 1.29 is 9.47 Å². The van der Waals surface area contributed by atoms with E-state index in [9.17, 15) is 0 Å². The molecule has 20 heavy (non-hydrogen) atoms. The minimum Gasteiger partial charge on any atom is -0.481 e. The van der Waals surface area contributed by atoms with Crippen LogP contribution in [0.1, 0.15) is 17.9 Å². The van der Waals surface area contributed by atoms with Crippen LogP contribution in [0.25, 0.3) is 0 Å². The molecule has 0 amide bonds. The van der Waals surface area contributed by atoms with E-state index in [1.807, 2.05) is 6.07 Å². The summed E-state index contributed by atoms with van der Waals surface area (Å²) in [6.07, 6.45) is 1.09. The lowest BCUT2D eigenvalue weighted by Crippen LogP contribution is -2.09. The highest BCUT2D eigenvalue weighted by molar-refractivity contribution is 5.40. The van der Waals surface area contributed by atoms with Crippen molar-refractivity contribution in [3.8, 4) is 11.8 Å². The first-order valence-corrected chi connectivity index (χ1v) is 6.58. The van der Waals surface area contributed by atoms with E-state index in [4.69, 9.17) is 9.47 Å². The molecule has 3 rings (SSSR count). The van der Waals surface area contributed by atoms with Gasteiger partial charge in [-0.25, -0.2) is 0 Å². The minimum absolute atomic E-state index is 0.370. The van der Waals surface area contributed by atoms with E-state index >= 15 is 0 Å². The lowest BCUT2D eigenvalue weighted by molar-refractivity contribution is 0.373. The Balaban J connectivity index is 1.70. The first-order valence-electron chi connectivity index (χ1n) is 6.58. The number of nitrogens with zero attached hydrogens (tertiary/aromatic N) is 2. The largest absolute Gasteiger partial charge is 0.481 e. The summed E-state index contributed by atoms with van der Waals surface area (Å²) >= 11 is 0. The van der Waals surface area contributed by atoms with Crippen molar-refractivity contribution >= 4 is 5.95 Å². The fourth-order valence-corrected chi connectivity index (χ4v) is 2.27. The third kappa shape index (κ3) is 2.66. The number of benzene rings is 1. The molecule has 0 aliphatic heterocycles. The highest BCUT2D eigenvalue weighted by Gasteiger charge is 2.38. The van der Waals surface area contributed by atoms with Crippen molar-refractivity contribution in [3.63, 3.8) is 0 Å². The van der Waals surface area contributed by atoms with E-state index < -0.39 is 0 Å². The van der Waals surface area contributed by atoms with Crippen LogP contribution in [0.15, 0.2) is 36.4 Å². The monoisotopic (exact) mass is 271 g/mol. The van der Waals surface area contributed by atoms with Gasteiger partial charge in [0.15, 0.2) is 0 Å². The molecule has 0 radical (unpaired) electrons. The van der Waals surface area contributed by atoms with Gasteiger partial charge < -0.3 is 14.8 Å². The maximum Gasteiger partial charge on any atom is 0.229 e. The number of rotatable bonds is 5. The number of hydrogen-bond acceptors (Lipinski definition) is 5. The number of hydrogen-bond donors (Lipinski definition) is 1. The summed E-state index contributed by atoms with van der Waals surface area (Å²) in [7, 11) is 3.16. The normalized spacial score (nSPS) is 20.3. The van der Waals surface area contributed by atoms with Gasteiger partial charge in [0.05, 0.1) is 20.3 Å². The quantitative estimate of drug-likeness (QED) is 0.905. The van der Waals surface area contributed by atoms with Crippen LogP contribution in [0.4, 0.5) is 5.95 Å². The molecule has 2 unspecified atom stereocenters. The van der Waals surface area contributed by atoms with Crippen LogP contribution in [0.3, 0.4) is 0 Å². The van der Waals surface area contributed by atoms with Crippen LogP contribution >= 0.6 is 0 Å². The highest BCUT2D eigenvalue weighted by atomic mass is 16.5. The average molecular weight is 271 g/mol. The number of anilines is 1. The zero-order chi connectivity index (χ0) is 13.9. The SMILES string of the molecule is COc1cc(OC)nc(NC2CC2c2ccccc2)n1. The van der Waals surface area contributed by atoms with E-state index in [0.717, 1.165) is 6.42 Å². The number of ether oxygens (including phenoxy) is 2. The fraction of sp³-hybridized carbons (Fsp3) is 0.333. The Morgan fingerprint density at radius 1 is 1.05 bits per heavy atom. The van der Waals surface area contributed by atoms with E-state index in [1.165, 1.54) is 5.56 Å². The van der Waals surface area contributed by atoms with Crippen LogP contribution in [0.2, 0.25) is 0 Å². The topological polar surface area (TPSA) is 56.3 Å². The molecular formula is C15H17N3O2. The predicted molar refractivity (Wildman–Crippen MR) is 76.3 cm³/mol. The van der Waals surface area contributed by atoms with E-state index in [2.05, 4.69) is 39.6 Å². The summed E-state index contributed by atoms with van der Waals surface area (Å²) in [5.41, 5.74) is 1.35. The Kier molecular flexibility index (Phi) is 3.41. The highest BCUT2D eigenvalue weighted by Crippen LogP contribution is 2.42. The van der Waals surface area contributed by atoms with Crippen LogP contribution < -0.4 is 14.8 Å². The van der Waals surface area contributed by atoms with Crippen molar-refractivity contribution in [1.82, 2.24) is 9.97 Å². The Labute approximate surface area is 118 Å². The summed E-state index contributed by atoms with van der Waals surface area (Å²) < 4.78 is 10.3. The molecule has 0 spiro atoms. The molecule has 0 saturated heterocycles. The second-order valence-corrected chi connectivity index (χ2v) is 4.78. The third-order valence-electron chi connectivity index (χ3n) is 3.43. The maximum absolute atomic E-state index is 5.14. The predicted octanol–water partition coefficient (Wildman–Crippen LogP) is 2.46. The zero-order valence-electron chi connectivity index (χ0n) is 11.5. The molecule has 104 valence electrons. The summed E-state index contributed by atoms with van der Waals surface area (Å²) in [6.45, 7) is 0. The van der Waals surface area contributed by atoms with Gasteiger partial charge in [-0.15, -0.1) is 0 Å². The number of nitrogens with one attached hydrogen (secondary N) is 1. The fourth-order valence-electron chi connectivity index (χ4n) is 2.27. The minimum atomic E-state index is 0.370. The Morgan fingerprint density at radius 2 is 1.70 bits per heavy atom. The second kappa shape index (κ2) is 5.36. The van der Waals surface area contributed by atoms with Gasteiger partial charge in [-0.3, -0.25) is 0 Å². The van der Waals surface area contributed by atoms with Gasteiger partial charge in [0.25, 0.3) is 0 Å². The van der Waals surface area contributed by atoms with Gasteiger partial charge in [0.1, 0.15) is 0 Å². The van der Waals surface area contributed by atoms with Crippen LogP contribution in [0.5, 0.6) is 11.8 Å². The van der Waals surface area contributed by atoms with Gasteiger partial charge in [-0.05, 0) is 12.0 Å². The molecule has 1 aliphatic rings. The summed E-state index contributed by atoms with van der Waals surface area (Å²) in [5.74, 6) is 2.06. The zero-order valence-corrected chi connectivity index (χ0v) is 11.5. The standard InChI is InChI=1S/C15H17N3O2/c1-19-13-9-14(20-2)18-15(17-13)16-12-8-11(12)10-6-4-3-5-7-10/h3-7,9,11-12H,8H2,1-2H3,(H,16,17,18). The molecule has 1 aromatic carbocycles. The molecule has 5 nitrogen and oxygen atoms in total. The molecule has 1 N–H and O–H groups in total. The lowest BCUT2D eigenvalue weighted by atomic mass is 10.1. The van der Waals surface area contributed by atoms with Crippen molar-refractivity contribution in [3.05, 3.63) is 42.0 Å². The van der Waals surface area contributed by atoms with Gasteiger partial charge in [0.2, 0.25) is 17.7 Å². The van der Waals surface area contributed by atoms with Crippen LogP contribution in [0, 0.1) is 0 Å². The van der Waals surface area contributed by atoms with Crippen LogP contribution in [-0.4, -0.2) is 30.2 Å². The van der Waals surface area contributed by atoms with E-state index in [-0.39, 0.29) is 0 Å². The van der Waals surface area contributed by atoms with Crippen LogP contribution in [-0.2, 0) is 0 Å². The summed E-state index contributed by atoms with van der Waals surface area (Å²) in [4.78, 5) is 8.57. The molecule has 2 atom stereocenters. The van der Waals surface area contributed by atoms with Crippen molar-refractivity contribution in [1.29, 1.82) is 0 Å². The molecule has 1 heterocycles. The molecule has 5 heteroatoms. The maximum atomic E-state index is 5.14. The van der Waals surface area contributed by atoms with Gasteiger partial charge in [-0.1, -0.05) is 30.3 Å². The molecule has 1 saturated carbocycles.